The highest BCUT2D eigenvalue weighted by atomic mass is 35.5. The fourth-order valence-corrected chi connectivity index (χ4v) is 5.44. The van der Waals surface area contributed by atoms with Gasteiger partial charge in [-0.2, -0.15) is 0 Å². The molecule has 2 aliphatic rings. The van der Waals surface area contributed by atoms with Crippen molar-refractivity contribution in [2.24, 2.45) is 5.92 Å². The summed E-state index contributed by atoms with van der Waals surface area (Å²) >= 11 is 12.6. The number of carboxylic acid groups (broad SMARTS) is 2. The van der Waals surface area contributed by atoms with Gasteiger partial charge in [0.2, 0.25) is 0 Å². The van der Waals surface area contributed by atoms with Gasteiger partial charge >= 0.3 is 5.97 Å². The number of benzene rings is 2. The maximum absolute atomic E-state index is 15.2. The van der Waals surface area contributed by atoms with Crippen LogP contribution in [0.5, 0.6) is 0 Å². The van der Waals surface area contributed by atoms with Crippen LogP contribution in [0.2, 0.25) is 10.0 Å². The Morgan fingerprint density at radius 1 is 1.12 bits per heavy atom. The summed E-state index contributed by atoms with van der Waals surface area (Å²) in [5.74, 6) is -1.02. The number of halogens is 3. The van der Waals surface area contributed by atoms with E-state index in [9.17, 15) is 9.90 Å². The Bertz CT molecular complexity index is 1020. The summed E-state index contributed by atoms with van der Waals surface area (Å²) in [6, 6.07) is 11.0. The first kappa shape index (κ1) is 26.3. The molecule has 0 amide bonds. The quantitative estimate of drug-likeness (QED) is 0.519. The standard InChI is InChI=1S/C24H27Cl2FN2O2.CH2O2/c1-24(2,29-10-8-15(9-11-29)23(30)31)18-7-6-16(12-21(18)27)17-13-28(14-17)22-19(25)4-3-5-20(22)26;2-1-3/h3-7,12,15,17H,8-11,13-14H2,1-2H3,(H,30,31);1H,(H,2,3). The van der Waals surface area contributed by atoms with Gasteiger partial charge < -0.3 is 15.1 Å². The van der Waals surface area contributed by atoms with Crippen molar-refractivity contribution in [1.29, 1.82) is 0 Å². The van der Waals surface area contributed by atoms with Crippen LogP contribution in [0, 0.1) is 11.7 Å². The molecule has 0 aromatic heterocycles. The highest BCUT2D eigenvalue weighted by Crippen LogP contribution is 2.41. The van der Waals surface area contributed by atoms with E-state index in [1.807, 2.05) is 44.2 Å². The van der Waals surface area contributed by atoms with E-state index in [1.165, 1.54) is 0 Å². The zero-order chi connectivity index (χ0) is 25.0. The van der Waals surface area contributed by atoms with E-state index in [0.29, 0.717) is 41.5 Å². The summed E-state index contributed by atoms with van der Waals surface area (Å²) in [6.07, 6.45) is 1.20. The van der Waals surface area contributed by atoms with Crippen molar-refractivity contribution < 1.29 is 24.2 Å². The molecule has 2 saturated heterocycles. The van der Waals surface area contributed by atoms with Crippen LogP contribution in [-0.4, -0.2) is 53.7 Å². The van der Waals surface area contributed by atoms with Crippen LogP contribution in [0.15, 0.2) is 36.4 Å². The second-order valence-corrected chi connectivity index (χ2v) is 9.99. The minimum absolute atomic E-state index is 0.211. The molecule has 6 nitrogen and oxygen atoms in total. The van der Waals surface area contributed by atoms with Crippen LogP contribution >= 0.6 is 23.2 Å². The number of nitrogens with zero attached hydrogens (tertiary/aromatic N) is 2. The molecule has 2 fully saturated rings. The van der Waals surface area contributed by atoms with E-state index >= 15 is 4.39 Å². The highest BCUT2D eigenvalue weighted by molar-refractivity contribution is 6.39. The molecule has 0 saturated carbocycles. The molecule has 4 rings (SSSR count). The van der Waals surface area contributed by atoms with Crippen molar-refractivity contribution >= 4 is 41.3 Å². The minimum Gasteiger partial charge on any atom is -0.483 e. The lowest BCUT2D eigenvalue weighted by atomic mass is 9.84. The van der Waals surface area contributed by atoms with Gasteiger partial charge in [-0.1, -0.05) is 41.4 Å². The molecule has 34 heavy (non-hydrogen) atoms. The third kappa shape index (κ3) is 5.48. The summed E-state index contributed by atoms with van der Waals surface area (Å²) in [5.41, 5.74) is 1.96. The van der Waals surface area contributed by atoms with Gasteiger partial charge in [0.25, 0.3) is 6.47 Å². The molecule has 2 aromatic carbocycles. The van der Waals surface area contributed by atoms with E-state index in [0.717, 1.165) is 24.3 Å². The summed E-state index contributed by atoms with van der Waals surface area (Å²) in [6.45, 7) is 6.57. The first-order valence-electron chi connectivity index (χ1n) is 11.1. The number of hydrogen-bond donors (Lipinski definition) is 2. The summed E-state index contributed by atoms with van der Waals surface area (Å²) in [7, 11) is 0. The molecule has 0 aliphatic carbocycles. The summed E-state index contributed by atoms with van der Waals surface area (Å²) < 4.78 is 15.2. The summed E-state index contributed by atoms with van der Waals surface area (Å²) in [4.78, 5) is 23.9. The normalized spacial score (nSPS) is 17.5. The zero-order valence-corrected chi connectivity index (χ0v) is 20.7. The predicted molar refractivity (Wildman–Crippen MR) is 131 cm³/mol. The fraction of sp³-hybridized carbons (Fsp3) is 0.440. The number of carbonyl (C=O) groups is 2. The van der Waals surface area contributed by atoms with E-state index in [2.05, 4.69) is 9.80 Å². The lowest BCUT2D eigenvalue weighted by Crippen LogP contribution is -2.47. The molecule has 0 radical (unpaired) electrons. The van der Waals surface area contributed by atoms with E-state index < -0.39 is 11.5 Å². The Kier molecular flexibility index (Phi) is 8.44. The molecule has 0 bridgehead atoms. The third-order valence-corrected chi connectivity index (χ3v) is 7.50. The Morgan fingerprint density at radius 3 is 2.18 bits per heavy atom. The second-order valence-electron chi connectivity index (χ2n) is 9.18. The Balaban J connectivity index is 0.00000103. The van der Waals surface area contributed by atoms with Gasteiger partial charge in [-0.15, -0.1) is 0 Å². The number of carboxylic acids is 1. The lowest BCUT2D eigenvalue weighted by molar-refractivity contribution is -0.143. The number of likely N-dealkylation sites (tertiary alicyclic amines) is 1. The van der Waals surface area contributed by atoms with Crippen molar-refractivity contribution in [2.45, 2.75) is 38.1 Å². The molecule has 2 aromatic rings. The largest absolute Gasteiger partial charge is 0.483 e. The van der Waals surface area contributed by atoms with Crippen LogP contribution in [0.1, 0.15) is 43.7 Å². The van der Waals surface area contributed by atoms with Crippen molar-refractivity contribution in [3.05, 3.63) is 63.4 Å². The first-order chi connectivity index (χ1) is 16.1. The SMILES string of the molecule is CC(C)(c1ccc(C2CN(c3c(Cl)cccc3Cl)C2)cc1F)N1CCC(C(=O)O)CC1.O=CO. The van der Waals surface area contributed by atoms with Crippen molar-refractivity contribution in [3.63, 3.8) is 0 Å². The van der Waals surface area contributed by atoms with Crippen molar-refractivity contribution in [3.8, 4) is 0 Å². The van der Waals surface area contributed by atoms with Crippen molar-refractivity contribution in [2.75, 3.05) is 31.1 Å². The van der Waals surface area contributed by atoms with Crippen LogP contribution < -0.4 is 4.90 Å². The molecular weight excluding hydrogens is 482 g/mol. The highest BCUT2D eigenvalue weighted by Gasteiger charge is 2.37. The van der Waals surface area contributed by atoms with Gasteiger partial charge in [0, 0.05) is 30.1 Å². The molecule has 2 aliphatic heterocycles. The number of anilines is 1. The average molecular weight is 511 g/mol. The van der Waals surface area contributed by atoms with Crippen LogP contribution in [-0.2, 0) is 15.1 Å². The smallest absolute Gasteiger partial charge is 0.306 e. The number of hydrogen-bond acceptors (Lipinski definition) is 4. The van der Waals surface area contributed by atoms with E-state index in [4.69, 9.17) is 33.1 Å². The maximum atomic E-state index is 15.2. The van der Waals surface area contributed by atoms with Gasteiger partial charge in [0.15, 0.2) is 0 Å². The molecule has 0 atom stereocenters. The Morgan fingerprint density at radius 2 is 1.68 bits per heavy atom. The number of piperidine rings is 1. The van der Waals surface area contributed by atoms with E-state index in [1.54, 1.807) is 6.07 Å². The number of aliphatic carboxylic acids is 1. The maximum Gasteiger partial charge on any atom is 0.306 e. The van der Waals surface area contributed by atoms with Gasteiger partial charge in [-0.25, -0.2) is 4.39 Å². The van der Waals surface area contributed by atoms with E-state index in [-0.39, 0.29) is 24.1 Å². The molecular formula is C25H29Cl2FN2O4. The Labute approximate surface area is 208 Å². The molecule has 9 heteroatoms. The third-order valence-electron chi connectivity index (χ3n) is 6.89. The molecule has 0 spiro atoms. The van der Waals surface area contributed by atoms with Gasteiger partial charge in [-0.05, 0) is 63.5 Å². The van der Waals surface area contributed by atoms with Crippen LogP contribution in [0.4, 0.5) is 10.1 Å². The predicted octanol–water partition coefficient (Wildman–Crippen LogP) is 5.47. The zero-order valence-electron chi connectivity index (χ0n) is 19.2. The number of rotatable bonds is 5. The lowest BCUT2D eigenvalue weighted by Gasteiger charge is -2.44. The monoisotopic (exact) mass is 510 g/mol. The van der Waals surface area contributed by atoms with Gasteiger partial charge in [0.05, 0.1) is 21.7 Å². The minimum atomic E-state index is -0.736. The van der Waals surface area contributed by atoms with Crippen molar-refractivity contribution in [1.82, 2.24) is 4.90 Å². The topological polar surface area (TPSA) is 81.1 Å². The molecule has 2 heterocycles. The molecule has 184 valence electrons. The van der Waals surface area contributed by atoms with Gasteiger partial charge in [0.1, 0.15) is 5.82 Å². The first-order valence-corrected chi connectivity index (χ1v) is 11.9. The fourth-order valence-electron chi connectivity index (χ4n) is 4.80. The molecule has 2 N–H and O–H groups in total. The van der Waals surface area contributed by atoms with Gasteiger partial charge in [-0.3, -0.25) is 14.5 Å². The number of para-hydroxylation sites is 1. The Hall–Kier alpha value is -2.35. The summed E-state index contributed by atoms with van der Waals surface area (Å²) in [5, 5.41) is 17.4. The second kappa shape index (κ2) is 10.9. The average Bonchev–Trinajstić information content (AvgIpc) is 2.75. The van der Waals surface area contributed by atoms with Crippen LogP contribution in [0.3, 0.4) is 0 Å². The molecule has 0 unspecified atom stereocenters. The van der Waals surface area contributed by atoms with Crippen LogP contribution in [0.25, 0.3) is 0 Å².